The van der Waals surface area contributed by atoms with Crippen molar-refractivity contribution in [2.75, 3.05) is 7.11 Å². The van der Waals surface area contributed by atoms with Gasteiger partial charge in [0.25, 0.3) is 0 Å². The van der Waals surface area contributed by atoms with E-state index in [9.17, 15) is 4.39 Å². The molecule has 118 valence electrons. The molecule has 1 fully saturated rings. The Hall–Kier alpha value is -0.490. The van der Waals surface area contributed by atoms with Crippen LogP contribution < -0.4 is 11.3 Å². The molecular formula is C16H24BrFN2O. The second-order valence-electron chi connectivity index (χ2n) is 5.84. The SMILES string of the molecule is COC1(C(Cc2ccc(F)cc2Br)NN)CCCCCC1. The Kier molecular flexibility index (Phi) is 6.17. The van der Waals surface area contributed by atoms with Gasteiger partial charge >= 0.3 is 0 Å². The molecule has 1 aromatic rings. The molecule has 1 saturated carbocycles. The number of methoxy groups -OCH3 is 1. The van der Waals surface area contributed by atoms with Gasteiger partial charge in [-0.2, -0.15) is 0 Å². The third kappa shape index (κ3) is 4.03. The molecule has 1 aromatic carbocycles. The number of ether oxygens (including phenoxy) is 1. The Morgan fingerprint density at radius 2 is 2.00 bits per heavy atom. The first kappa shape index (κ1) is 16.9. The van der Waals surface area contributed by atoms with Crippen LogP contribution in [0, 0.1) is 5.82 Å². The Morgan fingerprint density at radius 3 is 2.52 bits per heavy atom. The molecule has 3 N–H and O–H groups in total. The number of hydrogen-bond acceptors (Lipinski definition) is 3. The molecule has 21 heavy (non-hydrogen) atoms. The van der Waals surface area contributed by atoms with Gasteiger partial charge in [-0.25, -0.2) is 4.39 Å². The highest BCUT2D eigenvalue weighted by Gasteiger charge is 2.38. The molecule has 2 rings (SSSR count). The lowest BCUT2D eigenvalue weighted by Gasteiger charge is -2.39. The van der Waals surface area contributed by atoms with Crippen molar-refractivity contribution in [1.82, 2.24) is 5.43 Å². The van der Waals surface area contributed by atoms with Crippen molar-refractivity contribution in [3.8, 4) is 0 Å². The van der Waals surface area contributed by atoms with Crippen molar-refractivity contribution in [1.29, 1.82) is 0 Å². The van der Waals surface area contributed by atoms with Crippen LogP contribution in [0.2, 0.25) is 0 Å². The average Bonchev–Trinajstić information content (AvgIpc) is 2.73. The van der Waals surface area contributed by atoms with Gasteiger partial charge < -0.3 is 4.74 Å². The highest BCUT2D eigenvalue weighted by Crippen LogP contribution is 2.35. The number of halogens is 2. The lowest BCUT2D eigenvalue weighted by Crippen LogP contribution is -2.55. The van der Waals surface area contributed by atoms with Crippen molar-refractivity contribution in [3.05, 3.63) is 34.1 Å². The number of nitrogens with two attached hydrogens (primary N) is 1. The number of hydrazine groups is 1. The first-order valence-electron chi connectivity index (χ1n) is 7.56. The molecule has 0 spiro atoms. The lowest BCUT2D eigenvalue weighted by atomic mass is 9.83. The Bertz CT molecular complexity index is 462. The van der Waals surface area contributed by atoms with Gasteiger partial charge in [-0.3, -0.25) is 11.3 Å². The van der Waals surface area contributed by atoms with Crippen LogP contribution >= 0.6 is 15.9 Å². The minimum absolute atomic E-state index is 0.0161. The van der Waals surface area contributed by atoms with Crippen molar-refractivity contribution in [2.45, 2.75) is 56.6 Å². The number of benzene rings is 1. The molecule has 0 amide bonds. The van der Waals surface area contributed by atoms with Crippen LogP contribution in [0.1, 0.15) is 44.1 Å². The number of rotatable bonds is 5. The van der Waals surface area contributed by atoms with Crippen LogP contribution in [-0.2, 0) is 11.2 Å². The van der Waals surface area contributed by atoms with E-state index in [2.05, 4.69) is 21.4 Å². The van der Waals surface area contributed by atoms with Crippen LogP contribution in [-0.4, -0.2) is 18.8 Å². The highest BCUT2D eigenvalue weighted by atomic mass is 79.9. The van der Waals surface area contributed by atoms with E-state index in [4.69, 9.17) is 10.6 Å². The first-order chi connectivity index (χ1) is 10.1. The fourth-order valence-electron chi connectivity index (χ4n) is 3.33. The fourth-order valence-corrected chi connectivity index (χ4v) is 3.84. The Balaban J connectivity index is 2.20. The maximum atomic E-state index is 13.2. The quantitative estimate of drug-likeness (QED) is 0.479. The summed E-state index contributed by atoms with van der Waals surface area (Å²) in [4.78, 5) is 0. The topological polar surface area (TPSA) is 47.3 Å². The van der Waals surface area contributed by atoms with E-state index < -0.39 is 0 Å². The third-order valence-corrected chi connectivity index (χ3v) is 5.37. The van der Waals surface area contributed by atoms with Crippen LogP contribution in [0.5, 0.6) is 0 Å². The van der Waals surface area contributed by atoms with E-state index in [1.807, 2.05) is 6.07 Å². The molecule has 0 aliphatic heterocycles. The van der Waals surface area contributed by atoms with Crippen LogP contribution in [0.4, 0.5) is 4.39 Å². The monoisotopic (exact) mass is 358 g/mol. The van der Waals surface area contributed by atoms with Crippen molar-refractivity contribution < 1.29 is 9.13 Å². The molecule has 0 bridgehead atoms. The standard InChI is InChI=1S/C16H24BrFN2O/c1-21-16(8-4-2-3-5-9-16)15(20-19)10-12-6-7-13(18)11-14(12)17/h6-7,11,15,20H,2-5,8-10,19H2,1H3. The maximum absolute atomic E-state index is 13.2. The summed E-state index contributed by atoms with van der Waals surface area (Å²) >= 11 is 3.43. The molecule has 0 radical (unpaired) electrons. The van der Waals surface area contributed by atoms with Crippen LogP contribution in [0.25, 0.3) is 0 Å². The highest BCUT2D eigenvalue weighted by molar-refractivity contribution is 9.10. The van der Waals surface area contributed by atoms with E-state index in [0.717, 1.165) is 35.7 Å². The van der Waals surface area contributed by atoms with Gasteiger partial charge in [0.15, 0.2) is 0 Å². The normalized spacial score (nSPS) is 20.0. The summed E-state index contributed by atoms with van der Waals surface area (Å²) in [6.07, 6.45) is 7.57. The number of nitrogens with one attached hydrogen (secondary N) is 1. The third-order valence-electron chi connectivity index (χ3n) is 4.63. The summed E-state index contributed by atoms with van der Waals surface area (Å²) < 4.78 is 19.9. The minimum Gasteiger partial charge on any atom is -0.377 e. The smallest absolute Gasteiger partial charge is 0.124 e. The molecule has 1 aliphatic rings. The van der Waals surface area contributed by atoms with Gasteiger partial charge in [0, 0.05) is 11.6 Å². The molecule has 0 saturated heterocycles. The first-order valence-corrected chi connectivity index (χ1v) is 8.36. The summed E-state index contributed by atoms with van der Waals surface area (Å²) in [5.41, 5.74) is 3.75. The van der Waals surface area contributed by atoms with Gasteiger partial charge in [-0.15, -0.1) is 0 Å². The summed E-state index contributed by atoms with van der Waals surface area (Å²) in [5, 5.41) is 0. The van der Waals surface area contributed by atoms with Gasteiger partial charge in [-0.05, 0) is 37.0 Å². The zero-order valence-corrected chi connectivity index (χ0v) is 14.1. The van der Waals surface area contributed by atoms with Gasteiger partial charge in [0.2, 0.25) is 0 Å². The second-order valence-corrected chi connectivity index (χ2v) is 6.70. The average molecular weight is 359 g/mol. The summed E-state index contributed by atoms with van der Waals surface area (Å²) in [6, 6.07) is 4.81. The van der Waals surface area contributed by atoms with E-state index in [0.29, 0.717) is 6.42 Å². The van der Waals surface area contributed by atoms with E-state index in [1.165, 1.54) is 25.0 Å². The Morgan fingerprint density at radius 1 is 1.33 bits per heavy atom. The van der Waals surface area contributed by atoms with Gasteiger partial charge in [0.1, 0.15) is 5.82 Å². The molecule has 5 heteroatoms. The van der Waals surface area contributed by atoms with Gasteiger partial charge in [-0.1, -0.05) is 47.7 Å². The fraction of sp³-hybridized carbons (Fsp3) is 0.625. The Labute approximate surface area is 134 Å². The summed E-state index contributed by atoms with van der Waals surface area (Å²) in [7, 11) is 1.77. The second kappa shape index (κ2) is 7.68. The van der Waals surface area contributed by atoms with Crippen LogP contribution in [0.15, 0.2) is 22.7 Å². The van der Waals surface area contributed by atoms with E-state index in [1.54, 1.807) is 7.11 Å². The predicted molar refractivity (Wildman–Crippen MR) is 86.4 cm³/mol. The molecular weight excluding hydrogens is 335 g/mol. The summed E-state index contributed by atoms with van der Waals surface area (Å²) in [5.74, 6) is 5.59. The largest absolute Gasteiger partial charge is 0.377 e. The molecule has 1 atom stereocenters. The zero-order valence-electron chi connectivity index (χ0n) is 12.5. The zero-order chi connectivity index (χ0) is 15.3. The van der Waals surface area contributed by atoms with Crippen molar-refractivity contribution in [2.24, 2.45) is 5.84 Å². The molecule has 1 aliphatic carbocycles. The summed E-state index contributed by atoms with van der Waals surface area (Å²) in [6.45, 7) is 0. The number of hydrogen-bond donors (Lipinski definition) is 2. The minimum atomic E-state index is -0.237. The lowest BCUT2D eigenvalue weighted by molar-refractivity contribution is -0.0527. The maximum Gasteiger partial charge on any atom is 0.124 e. The predicted octanol–water partition coefficient (Wildman–Crippen LogP) is 3.70. The van der Waals surface area contributed by atoms with Crippen molar-refractivity contribution >= 4 is 15.9 Å². The van der Waals surface area contributed by atoms with E-state index in [-0.39, 0.29) is 17.5 Å². The van der Waals surface area contributed by atoms with Gasteiger partial charge in [0.05, 0.1) is 11.6 Å². The van der Waals surface area contributed by atoms with Crippen molar-refractivity contribution in [3.63, 3.8) is 0 Å². The molecule has 0 aromatic heterocycles. The van der Waals surface area contributed by atoms with Crippen LogP contribution in [0.3, 0.4) is 0 Å². The molecule has 0 heterocycles. The van der Waals surface area contributed by atoms with E-state index >= 15 is 0 Å². The molecule has 3 nitrogen and oxygen atoms in total. The molecule has 1 unspecified atom stereocenters.